The Labute approximate surface area is 141 Å². The number of rotatable bonds is 14. The molecule has 0 saturated heterocycles. The zero-order valence-corrected chi connectivity index (χ0v) is 18.3. The molecular weight excluding hydrogens is 314 g/mol. The maximum atomic E-state index is 6.21. The first-order valence-electron chi connectivity index (χ1n) is 8.31. The normalized spacial score (nSPS) is 15.4. The first-order chi connectivity index (χ1) is 10.3. The molecule has 0 aromatic heterocycles. The van der Waals surface area contributed by atoms with E-state index in [9.17, 15) is 0 Å². The van der Waals surface area contributed by atoms with Crippen LogP contribution in [-0.2, 0) is 18.9 Å². The van der Waals surface area contributed by atoms with Gasteiger partial charge in [0.1, 0.15) is 10.8 Å². The fourth-order valence-corrected chi connectivity index (χ4v) is 5.60. The Morgan fingerprint density at radius 1 is 0.773 bits per heavy atom. The Morgan fingerprint density at radius 2 is 1.09 bits per heavy atom. The number of nitrogens with two attached hydrogens (primary N) is 1. The van der Waals surface area contributed by atoms with Crippen molar-refractivity contribution in [3.8, 4) is 0 Å². The molecule has 0 heterocycles. The average molecular weight is 352 g/mol. The summed E-state index contributed by atoms with van der Waals surface area (Å²) in [4.78, 5) is 0. The van der Waals surface area contributed by atoms with Gasteiger partial charge in [0, 0.05) is 34.5 Å². The van der Waals surface area contributed by atoms with E-state index in [1.807, 2.05) is 13.8 Å². The van der Waals surface area contributed by atoms with Crippen LogP contribution < -0.4 is 5.73 Å². The molecule has 0 aliphatic heterocycles. The van der Waals surface area contributed by atoms with E-state index in [0.717, 1.165) is 12.8 Å². The van der Waals surface area contributed by atoms with E-state index in [1.165, 1.54) is 24.9 Å². The highest BCUT2D eigenvalue weighted by Gasteiger charge is 2.23. The smallest absolute Gasteiger partial charge is 0.141 e. The van der Waals surface area contributed by atoms with Crippen molar-refractivity contribution in [2.24, 2.45) is 5.73 Å². The molecule has 0 spiro atoms. The quantitative estimate of drug-likeness (QED) is 0.287. The lowest BCUT2D eigenvalue weighted by Gasteiger charge is -2.26. The Balaban J connectivity index is 3.69. The van der Waals surface area contributed by atoms with E-state index >= 15 is 0 Å². The van der Waals surface area contributed by atoms with Crippen LogP contribution in [-0.4, -0.2) is 64.3 Å². The molecule has 22 heavy (non-hydrogen) atoms. The van der Waals surface area contributed by atoms with Gasteiger partial charge in [0.2, 0.25) is 0 Å². The van der Waals surface area contributed by atoms with Gasteiger partial charge in [0.05, 0.1) is 19.0 Å². The highest BCUT2D eigenvalue weighted by atomic mass is 28.2. The summed E-state index contributed by atoms with van der Waals surface area (Å²) in [5.74, 6) is 0. The van der Waals surface area contributed by atoms with E-state index in [2.05, 4.69) is 0 Å². The van der Waals surface area contributed by atoms with Crippen LogP contribution in [0.2, 0.25) is 12.1 Å². The molecule has 134 valence electrons. The topological polar surface area (TPSA) is 62.9 Å². The Kier molecular flexibility index (Phi) is 11.8. The van der Waals surface area contributed by atoms with Gasteiger partial charge in [-0.1, -0.05) is 24.9 Å². The van der Waals surface area contributed by atoms with Gasteiger partial charge in [-0.25, -0.2) is 0 Å². The van der Waals surface area contributed by atoms with Crippen LogP contribution in [0.1, 0.15) is 39.5 Å². The largest absolute Gasteiger partial charge is 0.358 e. The second-order valence-electron chi connectivity index (χ2n) is 6.34. The van der Waals surface area contributed by atoms with Crippen molar-refractivity contribution in [1.29, 1.82) is 0 Å². The van der Waals surface area contributed by atoms with Crippen LogP contribution >= 0.6 is 0 Å². The van der Waals surface area contributed by atoms with Crippen molar-refractivity contribution in [1.82, 2.24) is 0 Å². The molecule has 0 radical (unpaired) electrons. The summed E-state index contributed by atoms with van der Waals surface area (Å²) in [7, 11) is 6.11. The summed E-state index contributed by atoms with van der Waals surface area (Å²) in [5, 5.41) is 0. The molecule has 0 bridgehead atoms. The van der Waals surface area contributed by atoms with Crippen LogP contribution in [0.3, 0.4) is 0 Å². The molecule has 0 saturated carbocycles. The molecule has 0 aromatic rings. The summed E-state index contributed by atoms with van der Waals surface area (Å²) >= 11 is 0. The SMILES string of the molecule is COC(C)(OC)[SiH2]CCCC(N)CCC[SiH2]C(C)(OC)OC. The Hall–Kier alpha value is 0.234. The lowest BCUT2D eigenvalue weighted by molar-refractivity contribution is -0.131. The van der Waals surface area contributed by atoms with Gasteiger partial charge in [0.15, 0.2) is 0 Å². The fraction of sp³-hybridized carbons (Fsp3) is 1.00. The molecule has 0 unspecified atom stereocenters. The van der Waals surface area contributed by atoms with Crippen molar-refractivity contribution in [2.45, 2.75) is 68.5 Å². The summed E-state index contributed by atoms with van der Waals surface area (Å²) in [6, 6.07) is 2.74. The molecule has 5 nitrogen and oxygen atoms in total. The van der Waals surface area contributed by atoms with Crippen molar-refractivity contribution < 1.29 is 18.9 Å². The van der Waals surface area contributed by atoms with E-state index in [4.69, 9.17) is 24.7 Å². The van der Waals surface area contributed by atoms with Gasteiger partial charge < -0.3 is 24.7 Å². The number of methoxy groups -OCH3 is 4. The minimum absolute atomic E-state index is 0.315. The number of hydrogen-bond donors (Lipinski definition) is 1. The second-order valence-corrected chi connectivity index (χ2v) is 11.3. The summed E-state index contributed by atoms with van der Waals surface area (Å²) < 4.78 is 21.7. The molecule has 2 N–H and O–H groups in total. The maximum absolute atomic E-state index is 6.21. The van der Waals surface area contributed by atoms with Gasteiger partial charge in [-0.05, 0) is 26.7 Å². The molecule has 0 rings (SSSR count). The molecule has 0 aliphatic carbocycles. The van der Waals surface area contributed by atoms with Gasteiger partial charge in [-0.3, -0.25) is 0 Å². The molecule has 0 aliphatic rings. The Morgan fingerprint density at radius 3 is 1.36 bits per heavy atom. The minimum atomic E-state index is -0.389. The van der Waals surface area contributed by atoms with Crippen molar-refractivity contribution in [3.63, 3.8) is 0 Å². The van der Waals surface area contributed by atoms with Crippen molar-refractivity contribution in [2.75, 3.05) is 28.4 Å². The molecule has 7 heteroatoms. The summed E-state index contributed by atoms with van der Waals surface area (Å²) in [6.45, 7) is 4.07. The van der Waals surface area contributed by atoms with E-state index in [0.29, 0.717) is 6.04 Å². The van der Waals surface area contributed by atoms with Gasteiger partial charge in [-0.2, -0.15) is 0 Å². The third-order valence-electron chi connectivity index (χ3n) is 4.64. The fourth-order valence-electron chi connectivity index (χ4n) is 2.42. The van der Waals surface area contributed by atoms with Crippen LogP contribution in [0.5, 0.6) is 0 Å². The van der Waals surface area contributed by atoms with Crippen molar-refractivity contribution >= 4 is 19.0 Å². The minimum Gasteiger partial charge on any atom is -0.358 e. The molecule has 0 aromatic carbocycles. The number of ether oxygens (including phenoxy) is 4. The van der Waals surface area contributed by atoms with Crippen LogP contribution in [0.4, 0.5) is 0 Å². The second kappa shape index (κ2) is 11.7. The van der Waals surface area contributed by atoms with Gasteiger partial charge in [-0.15, -0.1) is 0 Å². The highest BCUT2D eigenvalue weighted by molar-refractivity contribution is 6.39. The third kappa shape index (κ3) is 9.39. The van der Waals surface area contributed by atoms with Gasteiger partial charge in [0.25, 0.3) is 0 Å². The van der Waals surface area contributed by atoms with E-state index < -0.39 is 0 Å². The summed E-state index contributed by atoms with van der Waals surface area (Å²) in [6.07, 6.45) is 4.57. The third-order valence-corrected chi connectivity index (χ3v) is 9.32. The van der Waals surface area contributed by atoms with E-state index in [1.54, 1.807) is 28.4 Å². The average Bonchev–Trinajstić information content (AvgIpc) is 2.55. The lowest BCUT2D eigenvalue weighted by atomic mass is 10.1. The Bertz CT molecular complexity index is 248. The van der Waals surface area contributed by atoms with Crippen LogP contribution in [0, 0.1) is 0 Å². The zero-order valence-electron chi connectivity index (χ0n) is 15.4. The van der Waals surface area contributed by atoms with E-state index in [-0.39, 0.29) is 29.9 Å². The monoisotopic (exact) mass is 351 g/mol. The standard InChI is InChI=1S/C15H37NO4Si2/c1-14(17-3,18-4)21-11-7-9-13(16)10-8-12-22-15(2,19-5)20-6/h13H,7-12,16,21-22H2,1-6H3. The molecular formula is C15H37NO4Si2. The molecule has 0 amide bonds. The number of hydrogen-bond acceptors (Lipinski definition) is 5. The highest BCUT2D eigenvalue weighted by Crippen LogP contribution is 2.15. The predicted molar refractivity (Wildman–Crippen MR) is 98.0 cm³/mol. The lowest BCUT2D eigenvalue weighted by Crippen LogP contribution is -2.37. The van der Waals surface area contributed by atoms with Crippen LogP contribution in [0.25, 0.3) is 0 Å². The van der Waals surface area contributed by atoms with Gasteiger partial charge >= 0.3 is 0 Å². The first kappa shape index (κ1) is 22.2. The van der Waals surface area contributed by atoms with Crippen molar-refractivity contribution in [3.05, 3.63) is 0 Å². The molecule has 0 fully saturated rings. The summed E-state index contributed by atoms with van der Waals surface area (Å²) in [5.41, 5.74) is 5.57. The predicted octanol–water partition coefficient (Wildman–Crippen LogP) is 0.981. The molecule has 0 atom stereocenters. The first-order valence-corrected chi connectivity index (χ1v) is 11.7. The zero-order chi connectivity index (χ0) is 17.1. The van der Waals surface area contributed by atoms with Crippen LogP contribution in [0.15, 0.2) is 0 Å². The maximum Gasteiger partial charge on any atom is 0.141 e.